The van der Waals surface area contributed by atoms with Crippen LogP contribution in [0.25, 0.3) is 32.0 Å². The van der Waals surface area contributed by atoms with Crippen molar-refractivity contribution in [3.8, 4) is 0 Å². The molecule has 6 rings (SSSR count). The minimum absolute atomic E-state index is 0.00593. The average molecular weight is 491 g/mol. The quantitative estimate of drug-likeness (QED) is 0.356. The van der Waals surface area contributed by atoms with Gasteiger partial charge in [0.05, 0.1) is 44.4 Å². The molecule has 1 unspecified atom stereocenters. The lowest BCUT2D eigenvalue weighted by atomic mass is 9.91. The fourth-order valence-electron chi connectivity index (χ4n) is 4.91. The Morgan fingerprint density at radius 1 is 1.14 bits per heavy atom. The van der Waals surface area contributed by atoms with Gasteiger partial charge in [0.1, 0.15) is 5.82 Å². The van der Waals surface area contributed by atoms with E-state index in [0.29, 0.717) is 28.7 Å². The van der Waals surface area contributed by atoms with Crippen LogP contribution in [0.2, 0.25) is 0 Å². The molecule has 2 aromatic carbocycles. The number of aromatic nitrogens is 4. The van der Waals surface area contributed by atoms with E-state index in [9.17, 15) is 13.6 Å². The zero-order valence-electron chi connectivity index (χ0n) is 18.7. The Kier molecular flexibility index (Phi) is 4.99. The summed E-state index contributed by atoms with van der Waals surface area (Å²) in [5, 5.41) is 5.70. The Hall–Kier alpha value is -3.92. The van der Waals surface area contributed by atoms with E-state index in [-0.39, 0.29) is 30.5 Å². The SMILES string of the molecule is Cn1ncc2c(N)nc3ccc(C(=O)N4CC(=C(F)F)CCC4c4ccc5scnc5c4)cc3c21. The minimum atomic E-state index is -1.72. The van der Waals surface area contributed by atoms with Crippen LogP contribution in [0.3, 0.4) is 0 Å². The maximum atomic E-state index is 13.8. The number of rotatable bonds is 2. The molecule has 3 aromatic heterocycles. The van der Waals surface area contributed by atoms with Gasteiger partial charge in [-0.05, 0) is 48.7 Å². The fourth-order valence-corrected chi connectivity index (χ4v) is 5.57. The van der Waals surface area contributed by atoms with Crippen molar-refractivity contribution in [1.82, 2.24) is 24.6 Å². The number of aryl methyl sites for hydroxylation is 1. The molecule has 0 aliphatic carbocycles. The maximum Gasteiger partial charge on any atom is 0.271 e. The molecule has 1 saturated heterocycles. The van der Waals surface area contributed by atoms with Crippen molar-refractivity contribution < 1.29 is 13.6 Å². The summed E-state index contributed by atoms with van der Waals surface area (Å²) in [6.07, 6.45) is 0.571. The molecule has 2 N–H and O–H groups in total. The summed E-state index contributed by atoms with van der Waals surface area (Å²) in [5.41, 5.74) is 11.4. The molecule has 1 fully saturated rings. The van der Waals surface area contributed by atoms with Crippen molar-refractivity contribution in [3.63, 3.8) is 0 Å². The van der Waals surface area contributed by atoms with Gasteiger partial charge in [-0.2, -0.15) is 13.9 Å². The van der Waals surface area contributed by atoms with Gasteiger partial charge in [-0.1, -0.05) is 6.07 Å². The average Bonchev–Trinajstić information content (AvgIpc) is 3.49. The van der Waals surface area contributed by atoms with Crippen LogP contribution in [0.4, 0.5) is 14.6 Å². The van der Waals surface area contributed by atoms with Crippen LogP contribution in [-0.2, 0) is 7.05 Å². The number of halogens is 2. The number of amides is 1. The molecule has 35 heavy (non-hydrogen) atoms. The van der Waals surface area contributed by atoms with Crippen LogP contribution in [0.15, 0.2) is 59.8 Å². The van der Waals surface area contributed by atoms with E-state index in [1.54, 1.807) is 41.6 Å². The number of anilines is 1. The lowest BCUT2D eigenvalue weighted by Crippen LogP contribution is -2.39. The molecule has 1 aliphatic heterocycles. The number of hydrogen-bond donors (Lipinski definition) is 1. The predicted molar refractivity (Wildman–Crippen MR) is 132 cm³/mol. The van der Waals surface area contributed by atoms with E-state index in [4.69, 9.17) is 5.73 Å². The van der Waals surface area contributed by atoms with E-state index in [0.717, 1.165) is 26.7 Å². The zero-order valence-corrected chi connectivity index (χ0v) is 19.5. The van der Waals surface area contributed by atoms with Crippen molar-refractivity contribution in [3.05, 3.63) is 70.9 Å². The first-order valence-corrected chi connectivity index (χ1v) is 12.0. The third kappa shape index (κ3) is 3.52. The monoisotopic (exact) mass is 490 g/mol. The summed E-state index contributed by atoms with van der Waals surface area (Å²) in [5.74, 6) is 0.0438. The molecule has 1 aliphatic rings. The van der Waals surface area contributed by atoms with Gasteiger partial charge >= 0.3 is 0 Å². The topological polar surface area (TPSA) is 89.9 Å². The number of nitrogen functional groups attached to an aromatic ring is 1. The van der Waals surface area contributed by atoms with Crippen LogP contribution < -0.4 is 5.73 Å². The molecule has 0 radical (unpaired) electrons. The summed E-state index contributed by atoms with van der Waals surface area (Å²) in [7, 11) is 1.80. The first-order chi connectivity index (χ1) is 16.9. The van der Waals surface area contributed by atoms with Gasteiger partial charge in [0.25, 0.3) is 12.0 Å². The van der Waals surface area contributed by atoms with Crippen molar-refractivity contribution >= 4 is 55.1 Å². The molecule has 0 saturated carbocycles. The molecule has 1 atom stereocenters. The molecule has 0 bridgehead atoms. The van der Waals surface area contributed by atoms with Crippen LogP contribution in [0.1, 0.15) is 34.8 Å². The number of carbonyl (C=O) groups excluding carboxylic acids is 1. The van der Waals surface area contributed by atoms with Crippen LogP contribution >= 0.6 is 11.3 Å². The van der Waals surface area contributed by atoms with Gasteiger partial charge in [-0.15, -0.1) is 11.3 Å². The first-order valence-electron chi connectivity index (χ1n) is 11.1. The van der Waals surface area contributed by atoms with E-state index in [1.807, 2.05) is 18.2 Å². The number of fused-ring (bicyclic) bond motifs is 4. The number of likely N-dealkylation sites (tertiary alicyclic amines) is 1. The summed E-state index contributed by atoms with van der Waals surface area (Å²) < 4.78 is 29.9. The molecule has 0 spiro atoms. The van der Waals surface area contributed by atoms with Gasteiger partial charge in [-0.3, -0.25) is 9.48 Å². The number of carbonyl (C=O) groups is 1. The number of pyridine rings is 1. The van der Waals surface area contributed by atoms with Crippen molar-refractivity contribution in [2.24, 2.45) is 7.05 Å². The largest absolute Gasteiger partial charge is 0.383 e. The smallest absolute Gasteiger partial charge is 0.271 e. The van der Waals surface area contributed by atoms with E-state index >= 15 is 0 Å². The lowest BCUT2D eigenvalue weighted by molar-refractivity contribution is 0.0652. The van der Waals surface area contributed by atoms with Crippen molar-refractivity contribution in [2.75, 3.05) is 12.3 Å². The first kappa shape index (κ1) is 21.6. The molecule has 176 valence electrons. The Bertz CT molecular complexity index is 1670. The fraction of sp³-hybridized carbons (Fsp3) is 0.200. The molecule has 10 heteroatoms. The highest BCUT2D eigenvalue weighted by Gasteiger charge is 2.33. The molecule has 5 aromatic rings. The van der Waals surface area contributed by atoms with E-state index in [2.05, 4.69) is 15.1 Å². The summed E-state index contributed by atoms with van der Waals surface area (Å²) >= 11 is 1.54. The maximum absolute atomic E-state index is 13.8. The highest BCUT2D eigenvalue weighted by Crippen LogP contribution is 2.37. The number of nitrogens with zero attached hydrogens (tertiary/aromatic N) is 5. The number of hydrogen-bond acceptors (Lipinski definition) is 6. The Morgan fingerprint density at radius 3 is 2.83 bits per heavy atom. The number of piperidine rings is 1. The van der Waals surface area contributed by atoms with Gasteiger partial charge in [0, 0.05) is 30.1 Å². The molecule has 4 heterocycles. The Balaban J connectivity index is 1.46. The number of thiazole rings is 1. The Labute approximate surface area is 202 Å². The van der Waals surface area contributed by atoms with Crippen LogP contribution in [0, 0.1) is 0 Å². The second-order valence-electron chi connectivity index (χ2n) is 8.69. The van der Waals surface area contributed by atoms with E-state index in [1.165, 1.54) is 16.2 Å². The molecule has 7 nitrogen and oxygen atoms in total. The second-order valence-corrected chi connectivity index (χ2v) is 9.58. The van der Waals surface area contributed by atoms with Crippen LogP contribution in [-0.4, -0.2) is 37.1 Å². The molecular formula is C25H20F2N6OS. The van der Waals surface area contributed by atoms with Crippen molar-refractivity contribution in [1.29, 1.82) is 0 Å². The van der Waals surface area contributed by atoms with Crippen molar-refractivity contribution in [2.45, 2.75) is 18.9 Å². The van der Waals surface area contributed by atoms with E-state index < -0.39 is 6.08 Å². The predicted octanol–water partition coefficient (Wildman–Crippen LogP) is 5.44. The normalized spacial score (nSPS) is 16.5. The second kappa shape index (κ2) is 8.09. The lowest BCUT2D eigenvalue weighted by Gasteiger charge is -2.37. The number of benzene rings is 2. The third-order valence-corrected chi connectivity index (χ3v) is 7.49. The minimum Gasteiger partial charge on any atom is -0.383 e. The highest BCUT2D eigenvalue weighted by molar-refractivity contribution is 7.16. The summed E-state index contributed by atoms with van der Waals surface area (Å²) in [6.45, 7) is -0.125. The van der Waals surface area contributed by atoms with Gasteiger partial charge in [0.15, 0.2) is 0 Å². The standard InChI is InChI=1S/C25H20F2N6OS/c1-32-22-16-8-14(2-5-18(16)31-24(28)17(22)10-30-32)25(34)33-11-15(23(26)27)3-6-20(33)13-4-7-21-19(9-13)29-12-35-21/h2,4-5,7-10,12,20H,3,6,11H2,1H3,(H2,28,31). The van der Waals surface area contributed by atoms with Gasteiger partial charge in [-0.25, -0.2) is 9.97 Å². The van der Waals surface area contributed by atoms with Gasteiger partial charge in [0.2, 0.25) is 0 Å². The summed E-state index contributed by atoms with van der Waals surface area (Å²) in [6, 6.07) is 10.7. The molecular weight excluding hydrogens is 470 g/mol. The van der Waals surface area contributed by atoms with Crippen LogP contribution in [0.5, 0.6) is 0 Å². The van der Waals surface area contributed by atoms with Gasteiger partial charge < -0.3 is 10.6 Å². The summed E-state index contributed by atoms with van der Waals surface area (Å²) in [4.78, 5) is 24.2. The highest BCUT2D eigenvalue weighted by atomic mass is 32.1. The number of nitrogens with two attached hydrogens (primary N) is 1. The Morgan fingerprint density at radius 2 is 2.00 bits per heavy atom. The third-order valence-electron chi connectivity index (χ3n) is 6.68. The molecule has 1 amide bonds. The zero-order chi connectivity index (χ0) is 24.3.